The molecule has 1 saturated heterocycles. The monoisotopic (exact) mass is 544 g/mol. The van der Waals surface area contributed by atoms with Gasteiger partial charge in [0.05, 0.1) is 13.2 Å². The second kappa shape index (κ2) is 16.3. The van der Waals surface area contributed by atoms with Crippen LogP contribution in [0.5, 0.6) is 0 Å². The molecule has 6 atom stereocenters. The van der Waals surface area contributed by atoms with E-state index >= 15 is 0 Å². The van der Waals surface area contributed by atoms with E-state index in [1.54, 1.807) is 6.08 Å². The first kappa shape index (κ1) is 32.3. The molecule has 0 bridgehead atoms. The van der Waals surface area contributed by atoms with E-state index in [1.807, 2.05) is 6.92 Å². The van der Waals surface area contributed by atoms with Gasteiger partial charge >= 0.3 is 17.9 Å². The third-order valence-electron chi connectivity index (χ3n) is 7.68. The van der Waals surface area contributed by atoms with Crippen molar-refractivity contribution in [1.29, 1.82) is 0 Å². The van der Waals surface area contributed by atoms with Crippen molar-refractivity contribution in [3.05, 3.63) is 12.2 Å². The number of rotatable bonds is 16. The molecule has 1 heterocycles. The molecule has 0 aromatic heterocycles. The van der Waals surface area contributed by atoms with Gasteiger partial charge in [-0.2, -0.15) is 8.78 Å². The third kappa shape index (κ3) is 10.0. The van der Waals surface area contributed by atoms with Crippen LogP contribution in [0, 0.1) is 17.8 Å². The number of carbonyl (C=O) groups excluding carboxylic acids is 3. The van der Waals surface area contributed by atoms with Gasteiger partial charge in [0.15, 0.2) is 6.29 Å². The molecule has 0 N–H and O–H groups in total. The maximum absolute atomic E-state index is 14.7. The summed E-state index contributed by atoms with van der Waals surface area (Å²) in [4.78, 5) is 35.8. The van der Waals surface area contributed by atoms with E-state index in [-0.39, 0.29) is 24.2 Å². The minimum atomic E-state index is -3.45. The first-order valence-electron chi connectivity index (χ1n) is 14.2. The second-order valence-electron chi connectivity index (χ2n) is 10.7. The largest absolute Gasteiger partial charge is 0.469 e. The average Bonchev–Trinajstić information content (AvgIpc) is 3.19. The van der Waals surface area contributed by atoms with Crippen molar-refractivity contribution in [2.45, 2.75) is 122 Å². The van der Waals surface area contributed by atoms with Crippen LogP contribution in [0.3, 0.4) is 0 Å². The molecule has 1 aliphatic carbocycles. The van der Waals surface area contributed by atoms with Gasteiger partial charge in [0.25, 0.3) is 0 Å². The molecule has 7 nitrogen and oxygen atoms in total. The predicted octanol–water partition coefficient (Wildman–Crippen LogP) is 6.18. The highest BCUT2D eigenvalue weighted by Crippen LogP contribution is 2.42. The number of hydrogen-bond donors (Lipinski definition) is 0. The number of unbranched alkanes of at least 4 members (excludes halogenated alkanes) is 3. The van der Waals surface area contributed by atoms with Crippen LogP contribution in [-0.2, 0) is 33.3 Å². The zero-order valence-corrected chi connectivity index (χ0v) is 23.4. The number of esters is 2. The number of alkyl halides is 2. The number of methoxy groups -OCH3 is 1. The second-order valence-corrected chi connectivity index (χ2v) is 10.7. The Morgan fingerprint density at radius 1 is 1.11 bits per heavy atom. The molecule has 1 aliphatic heterocycles. The zero-order chi connectivity index (χ0) is 28.1. The SMILES string of the molecule is CCC[C@@H](C)C(F)(F)C(=O)/C=C/[C@@H]1[C@@H](CCCCCCC(=O)OC)[C@@H](OC(C)=O)C[C@H]1OC1CCCCO1. The van der Waals surface area contributed by atoms with Crippen molar-refractivity contribution in [1.82, 2.24) is 0 Å². The summed E-state index contributed by atoms with van der Waals surface area (Å²) in [5, 5.41) is 0. The summed E-state index contributed by atoms with van der Waals surface area (Å²) >= 11 is 0. The number of carbonyl (C=O) groups is 3. The Labute approximate surface area is 226 Å². The van der Waals surface area contributed by atoms with Crippen molar-refractivity contribution < 1.29 is 42.1 Å². The molecule has 1 saturated carbocycles. The lowest BCUT2D eigenvalue weighted by Crippen LogP contribution is -2.35. The Hall–Kier alpha value is -1.87. The molecule has 2 fully saturated rings. The predicted molar refractivity (Wildman–Crippen MR) is 138 cm³/mol. The summed E-state index contributed by atoms with van der Waals surface area (Å²) in [5.74, 6) is -6.90. The average molecular weight is 545 g/mol. The molecule has 0 aromatic carbocycles. The van der Waals surface area contributed by atoms with Gasteiger partial charge in [-0.05, 0) is 44.6 Å². The van der Waals surface area contributed by atoms with E-state index in [2.05, 4.69) is 4.74 Å². The normalized spacial score (nSPS) is 26.8. The van der Waals surface area contributed by atoms with Crippen molar-refractivity contribution in [2.24, 2.45) is 17.8 Å². The van der Waals surface area contributed by atoms with Gasteiger partial charge < -0.3 is 18.9 Å². The fourth-order valence-electron chi connectivity index (χ4n) is 5.51. The molecule has 1 unspecified atom stereocenters. The molecular weight excluding hydrogens is 498 g/mol. The standard InChI is InChI=1S/C29H46F2O7/c1-5-12-20(2)29(30,31)26(33)17-16-23-22(13-8-6-7-9-14-27(34)35-4)24(37-21(3)32)19-25(23)38-28-15-10-11-18-36-28/h16-17,20,22-25,28H,5-15,18-19H2,1-4H3/b17-16+/t20-,22-,23-,24+,25-,28?/m1/s1. The van der Waals surface area contributed by atoms with Gasteiger partial charge in [-0.3, -0.25) is 14.4 Å². The highest BCUT2D eigenvalue weighted by Gasteiger charge is 2.46. The van der Waals surface area contributed by atoms with Crippen molar-refractivity contribution >= 4 is 17.7 Å². The number of hydrogen-bond acceptors (Lipinski definition) is 7. The van der Waals surface area contributed by atoms with Crippen molar-refractivity contribution in [3.8, 4) is 0 Å². The fourth-order valence-corrected chi connectivity index (χ4v) is 5.51. The lowest BCUT2D eigenvalue weighted by molar-refractivity contribution is -0.193. The molecule has 9 heteroatoms. The fraction of sp³-hybridized carbons (Fsp3) is 0.828. The van der Waals surface area contributed by atoms with E-state index in [9.17, 15) is 23.2 Å². The molecule has 38 heavy (non-hydrogen) atoms. The van der Waals surface area contributed by atoms with Crippen LogP contribution in [0.15, 0.2) is 12.2 Å². The van der Waals surface area contributed by atoms with Crippen LogP contribution >= 0.6 is 0 Å². The minimum absolute atomic E-state index is 0.182. The summed E-state index contributed by atoms with van der Waals surface area (Å²) in [7, 11) is 1.37. The van der Waals surface area contributed by atoms with E-state index in [0.717, 1.165) is 51.0 Å². The summed E-state index contributed by atoms with van der Waals surface area (Å²) in [6, 6.07) is 0. The highest BCUT2D eigenvalue weighted by molar-refractivity contribution is 5.95. The van der Waals surface area contributed by atoms with Gasteiger partial charge in [-0.25, -0.2) is 0 Å². The first-order chi connectivity index (χ1) is 18.1. The van der Waals surface area contributed by atoms with Gasteiger partial charge in [-0.1, -0.05) is 45.6 Å². The summed E-state index contributed by atoms with van der Waals surface area (Å²) in [5.41, 5.74) is 0. The lowest BCUT2D eigenvalue weighted by Gasteiger charge is -2.29. The summed E-state index contributed by atoms with van der Waals surface area (Å²) < 4.78 is 51.8. The van der Waals surface area contributed by atoms with Gasteiger partial charge in [0.2, 0.25) is 5.78 Å². The van der Waals surface area contributed by atoms with Crippen molar-refractivity contribution in [3.63, 3.8) is 0 Å². The van der Waals surface area contributed by atoms with Gasteiger partial charge in [-0.15, -0.1) is 0 Å². The smallest absolute Gasteiger partial charge is 0.311 e. The Morgan fingerprint density at radius 3 is 2.47 bits per heavy atom. The molecule has 0 aromatic rings. The maximum Gasteiger partial charge on any atom is 0.311 e. The minimum Gasteiger partial charge on any atom is -0.469 e. The molecule has 0 amide bonds. The van der Waals surface area contributed by atoms with E-state index < -0.39 is 42.1 Å². The van der Waals surface area contributed by atoms with Crippen LogP contribution in [0.4, 0.5) is 8.78 Å². The molecule has 2 aliphatic rings. The Bertz CT molecular complexity index is 779. The Kier molecular flexibility index (Phi) is 13.9. The molecule has 2 rings (SSSR count). The van der Waals surface area contributed by atoms with Crippen molar-refractivity contribution in [2.75, 3.05) is 13.7 Å². The molecule has 0 spiro atoms. The topological polar surface area (TPSA) is 88.1 Å². The summed E-state index contributed by atoms with van der Waals surface area (Å²) in [6.07, 6.45) is 9.47. The quantitative estimate of drug-likeness (QED) is 0.130. The molecular formula is C29H46F2O7. The number of ketones is 1. The highest BCUT2D eigenvalue weighted by atomic mass is 19.3. The third-order valence-corrected chi connectivity index (χ3v) is 7.68. The number of ether oxygens (including phenoxy) is 4. The van der Waals surface area contributed by atoms with E-state index in [4.69, 9.17) is 14.2 Å². The van der Waals surface area contributed by atoms with Crippen LogP contribution < -0.4 is 0 Å². The zero-order valence-electron chi connectivity index (χ0n) is 23.4. The van der Waals surface area contributed by atoms with Crippen LogP contribution in [0.25, 0.3) is 0 Å². The Balaban J connectivity index is 2.17. The lowest BCUT2D eigenvalue weighted by atomic mass is 9.87. The van der Waals surface area contributed by atoms with Crippen LogP contribution in [0.2, 0.25) is 0 Å². The molecule has 0 radical (unpaired) electrons. The Morgan fingerprint density at radius 2 is 1.84 bits per heavy atom. The van der Waals surface area contributed by atoms with E-state index in [1.165, 1.54) is 21.0 Å². The number of allylic oxidation sites excluding steroid dienone is 1. The van der Waals surface area contributed by atoms with Crippen LogP contribution in [0.1, 0.15) is 97.8 Å². The summed E-state index contributed by atoms with van der Waals surface area (Å²) in [6.45, 7) is 5.17. The van der Waals surface area contributed by atoms with Gasteiger partial charge in [0.1, 0.15) is 6.10 Å². The first-order valence-corrected chi connectivity index (χ1v) is 14.2. The number of halogens is 2. The maximum atomic E-state index is 14.7. The van der Waals surface area contributed by atoms with E-state index in [0.29, 0.717) is 32.3 Å². The van der Waals surface area contributed by atoms with Gasteiger partial charge in [0, 0.05) is 44.1 Å². The molecule has 218 valence electrons. The van der Waals surface area contributed by atoms with Crippen LogP contribution in [-0.4, -0.2) is 55.9 Å².